The van der Waals surface area contributed by atoms with Crippen LogP contribution in [0.2, 0.25) is 0 Å². The number of rotatable bonds is 7. The van der Waals surface area contributed by atoms with E-state index < -0.39 is 52.8 Å². The van der Waals surface area contributed by atoms with E-state index in [9.17, 15) is 37.1 Å². The molecule has 4 aromatic rings. The maximum atomic E-state index is 14.0. The van der Waals surface area contributed by atoms with Crippen LogP contribution in [0.4, 0.5) is 17.6 Å². The SMILES string of the molecule is Cc1c(C(=O)OC(C)(C)C)ccc2c1CC[C@@H]2NC(=O)c1cc(C(=O)O)nc2c(F)cnn12.Fc1ccc(CNCl)cc1C(F)F. The summed E-state index contributed by atoms with van der Waals surface area (Å²) < 4.78 is 57.5. The zero-order valence-corrected chi connectivity index (χ0v) is 25.9. The van der Waals surface area contributed by atoms with Gasteiger partial charge >= 0.3 is 11.9 Å². The minimum absolute atomic E-state index is 0.142. The van der Waals surface area contributed by atoms with Gasteiger partial charge in [-0.25, -0.2) is 41.5 Å². The minimum Gasteiger partial charge on any atom is -0.477 e. The lowest BCUT2D eigenvalue weighted by atomic mass is 9.97. The normalized spacial score (nSPS) is 14.1. The number of alkyl halides is 2. The highest BCUT2D eigenvalue weighted by atomic mass is 35.5. The molecule has 3 N–H and O–H groups in total. The maximum Gasteiger partial charge on any atom is 0.354 e. The number of amides is 1. The Labute approximate surface area is 265 Å². The lowest BCUT2D eigenvalue weighted by Crippen LogP contribution is -2.29. The fourth-order valence-electron chi connectivity index (χ4n) is 4.97. The molecule has 1 atom stereocenters. The first-order valence-corrected chi connectivity index (χ1v) is 14.3. The Morgan fingerprint density at radius 3 is 2.48 bits per heavy atom. The molecule has 2 aromatic heterocycles. The van der Waals surface area contributed by atoms with Crippen molar-refractivity contribution < 1.29 is 41.8 Å². The van der Waals surface area contributed by atoms with Crippen LogP contribution in [0.15, 0.2) is 42.6 Å². The Balaban J connectivity index is 0.000000310. The van der Waals surface area contributed by atoms with Crippen molar-refractivity contribution in [3.63, 3.8) is 0 Å². The van der Waals surface area contributed by atoms with Gasteiger partial charge in [-0.15, -0.1) is 0 Å². The molecule has 1 aliphatic rings. The second-order valence-electron chi connectivity index (χ2n) is 11.4. The van der Waals surface area contributed by atoms with Crippen molar-refractivity contribution in [2.24, 2.45) is 0 Å². The van der Waals surface area contributed by atoms with Crippen LogP contribution in [0.3, 0.4) is 0 Å². The number of halogens is 5. The molecule has 5 rings (SSSR count). The summed E-state index contributed by atoms with van der Waals surface area (Å²) >= 11 is 5.18. The van der Waals surface area contributed by atoms with Gasteiger partial charge in [0, 0.05) is 12.6 Å². The van der Waals surface area contributed by atoms with Gasteiger partial charge in [0.05, 0.1) is 23.4 Å². The molecule has 0 unspecified atom stereocenters. The summed E-state index contributed by atoms with van der Waals surface area (Å²) in [4.78, 5) is 43.0. The first kappa shape index (κ1) is 34.3. The third-order valence-corrected chi connectivity index (χ3v) is 7.20. The first-order chi connectivity index (χ1) is 21.6. The average Bonchev–Trinajstić information content (AvgIpc) is 3.56. The van der Waals surface area contributed by atoms with Crippen LogP contribution < -0.4 is 10.2 Å². The number of nitrogens with zero attached hydrogens (tertiary/aromatic N) is 3. The molecule has 0 radical (unpaired) electrons. The average molecular weight is 664 g/mol. The van der Waals surface area contributed by atoms with E-state index >= 15 is 0 Å². The summed E-state index contributed by atoms with van der Waals surface area (Å²) in [7, 11) is 0. The smallest absolute Gasteiger partial charge is 0.354 e. The summed E-state index contributed by atoms with van der Waals surface area (Å²) in [5, 5.41) is 16.0. The molecule has 0 saturated carbocycles. The number of fused-ring (bicyclic) bond motifs is 2. The topological polar surface area (TPSA) is 135 Å². The van der Waals surface area contributed by atoms with Gasteiger partial charge in [-0.2, -0.15) is 5.10 Å². The van der Waals surface area contributed by atoms with Gasteiger partial charge in [-0.05, 0) is 92.8 Å². The van der Waals surface area contributed by atoms with Gasteiger partial charge in [0.2, 0.25) is 0 Å². The third-order valence-electron chi connectivity index (χ3n) is 7.06. The molecule has 2 aromatic carbocycles. The fraction of sp³-hybridized carbons (Fsp3) is 0.323. The number of hydrogen-bond donors (Lipinski definition) is 3. The van der Waals surface area contributed by atoms with Crippen molar-refractivity contribution in [2.75, 3.05) is 0 Å². The summed E-state index contributed by atoms with van der Waals surface area (Å²) in [5.74, 6) is -4.13. The van der Waals surface area contributed by atoms with E-state index in [1.165, 1.54) is 6.07 Å². The highest BCUT2D eigenvalue weighted by Crippen LogP contribution is 2.35. The molecular weight excluding hydrogens is 634 g/mol. The van der Waals surface area contributed by atoms with Gasteiger partial charge in [-0.3, -0.25) is 4.79 Å². The number of carbonyl (C=O) groups is 3. The van der Waals surface area contributed by atoms with Crippen LogP contribution in [0.1, 0.15) is 98.8 Å². The molecule has 2 heterocycles. The van der Waals surface area contributed by atoms with Crippen molar-refractivity contribution in [1.82, 2.24) is 24.8 Å². The number of carboxylic acids is 1. The number of aromatic carboxylic acids is 1. The zero-order chi connectivity index (χ0) is 33.9. The van der Waals surface area contributed by atoms with E-state index in [0.29, 0.717) is 24.0 Å². The Hall–Kier alpha value is -4.56. The minimum atomic E-state index is -2.80. The quantitative estimate of drug-likeness (QED) is 0.120. The number of ether oxygens (including phenoxy) is 1. The summed E-state index contributed by atoms with van der Waals surface area (Å²) in [6, 6.07) is 7.66. The standard InChI is InChI=1S/C23H23FN4O5.C8H7ClF3N/c1-11-12-7-8-16(14(12)6-5-13(11)22(32)33-23(2,3)4)27-20(29)18-9-17(21(30)31)26-19-15(24)10-25-28(18)19;9-13-4-5-1-2-7(10)6(3-5)8(11)12/h5-6,9-10,16H,7-8H2,1-4H3,(H,27,29)(H,30,31);1-3,8,13H,4H2/t16-;/m0./s1. The van der Waals surface area contributed by atoms with Crippen molar-refractivity contribution >= 4 is 35.3 Å². The highest BCUT2D eigenvalue weighted by molar-refractivity contribution is 6.13. The van der Waals surface area contributed by atoms with Crippen LogP contribution in [-0.4, -0.2) is 43.2 Å². The van der Waals surface area contributed by atoms with Gasteiger partial charge in [-0.1, -0.05) is 12.1 Å². The predicted octanol–water partition coefficient (Wildman–Crippen LogP) is 6.25. The lowest BCUT2D eigenvalue weighted by Gasteiger charge is -2.21. The zero-order valence-electron chi connectivity index (χ0n) is 25.1. The summed E-state index contributed by atoms with van der Waals surface area (Å²) in [6.45, 7) is 7.48. The second kappa shape index (κ2) is 13.8. The van der Waals surface area contributed by atoms with Gasteiger partial charge in [0.1, 0.15) is 17.1 Å². The van der Waals surface area contributed by atoms with Crippen molar-refractivity contribution in [2.45, 2.75) is 65.1 Å². The highest BCUT2D eigenvalue weighted by Gasteiger charge is 2.30. The lowest BCUT2D eigenvalue weighted by molar-refractivity contribution is 0.00681. The van der Waals surface area contributed by atoms with E-state index in [4.69, 9.17) is 16.5 Å². The molecule has 1 aliphatic carbocycles. The fourth-order valence-corrected chi connectivity index (χ4v) is 5.13. The first-order valence-electron chi connectivity index (χ1n) is 13.9. The van der Waals surface area contributed by atoms with E-state index in [2.05, 4.69) is 20.2 Å². The molecule has 0 fully saturated rings. The second-order valence-corrected chi connectivity index (χ2v) is 11.7. The van der Waals surface area contributed by atoms with Crippen LogP contribution in [0.25, 0.3) is 5.65 Å². The summed E-state index contributed by atoms with van der Waals surface area (Å²) in [5.41, 5.74) is 1.46. The number of esters is 1. The number of nitrogens with one attached hydrogen (secondary N) is 2. The molecule has 0 saturated heterocycles. The van der Waals surface area contributed by atoms with Crippen LogP contribution in [0.5, 0.6) is 0 Å². The Morgan fingerprint density at radius 1 is 1.13 bits per heavy atom. The molecular formula is C31H30ClF4N5O5. The molecule has 46 heavy (non-hydrogen) atoms. The number of carbonyl (C=O) groups excluding carboxylic acids is 2. The molecule has 0 spiro atoms. The Kier molecular flexibility index (Phi) is 10.3. The van der Waals surface area contributed by atoms with Gasteiger partial charge in [0.15, 0.2) is 17.2 Å². The molecule has 10 nitrogen and oxygen atoms in total. The van der Waals surface area contributed by atoms with Crippen molar-refractivity contribution in [3.05, 3.63) is 99.0 Å². The van der Waals surface area contributed by atoms with E-state index in [1.54, 1.807) is 32.9 Å². The summed E-state index contributed by atoms with van der Waals surface area (Å²) in [6.07, 6.45) is -0.689. The Bertz CT molecular complexity index is 1810. The molecule has 244 valence electrons. The number of hydrogen-bond acceptors (Lipinski definition) is 7. The van der Waals surface area contributed by atoms with Crippen LogP contribution in [-0.2, 0) is 17.7 Å². The molecule has 15 heteroatoms. The Morgan fingerprint density at radius 2 is 1.85 bits per heavy atom. The van der Waals surface area contributed by atoms with E-state index in [-0.39, 0.29) is 23.9 Å². The van der Waals surface area contributed by atoms with Gasteiger partial charge < -0.3 is 15.2 Å². The monoisotopic (exact) mass is 663 g/mol. The van der Waals surface area contributed by atoms with Crippen LogP contribution >= 0.6 is 11.8 Å². The molecule has 1 amide bonds. The molecule has 0 bridgehead atoms. The number of benzene rings is 2. The van der Waals surface area contributed by atoms with Gasteiger partial charge in [0.25, 0.3) is 12.3 Å². The van der Waals surface area contributed by atoms with E-state index in [1.807, 2.05) is 6.92 Å². The number of aromatic nitrogens is 3. The van der Waals surface area contributed by atoms with E-state index in [0.717, 1.165) is 45.6 Å². The van der Waals surface area contributed by atoms with Crippen molar-refractivity contribution in [1.29, 1.82) is 0 Å². The molecule has 0 aliphatic heterocycles. The third kappa shape index (κ3) is 7.62. The van der Waals surface area contributed by atoms with Crippen molar-refractivity contribution in [3.8, 4) is 0 Å². The predicted molar refractivity (Wildman–Crippen MR) is 159 cm³/mol. The number of carboxylic acid groups (broad SMARTS) is 1. The maximum absolute atomic E-state index is 14.0. The van der Waals surface area contributed by atoms with Crippen LogP contribution in [0, 0.1) is 18.6 Å². The largest absolute Gasteiger partial charge is 0.477 e.